The fraction of sp³-hybridized carbons (Fsp3) is 0.625. The molecule has 112 valence electrons. The predicted octanol–water partition coefficient (Wildman–Crippen LogP) is 3.06. The first-order valence-electron chi connectivity index (χ1n) is 7.31. The summed E-state index contributed by atoms with van der Waals surface area (Å²) >= 11 is 5.82. The van der Waals surface area contributed by atoms with Gasteiger partial charge in [-0.15, -0.1) is 0 Å². The fourth-order valence-electron chi connectivity index (χ4n) is 3.02. The summed E-state index contributed by atoms with van der Waals surface area (Å²) in [6, 6.07) is 7.22. The van der Waals surface area contributed by atoms with Crippen molar-refractivity contribution in [3.05, 3.63) is 29.3 Å². The Labute approximate surface area is 126 Å². The summed E-state index contributed by atoms with van der Waals surface area (Å²) in [4.78, 5) is 2.34. The second-order valence-electron chi connectivity index (χ2n) is 6.08. The largest absolute Gasteiger partial charge is 0.491 e. The minimum absolute atomic E-state index is 0.320. The number of halogens is 1. The molecule has 0 unspecified atom stereocenters. The first kappa shape index (κ1) is 15.6. The van der Waals surface area contributed by atoms with E-state index in [1.54, 1.807) is 12.1 Å². The molecule has 1 aliphatic heterocycles. The third kappa shape index (κ3) is 4.97. The molecule has 1 saturated heterocycles. The van der Waals surface area contributed by atoms with Crippen LogP contribution in [0, 0.1) is 11.8 Å². The molecule has 1 aliphatic rings. The van der Waals surface area contributed by atoms with Crippen molar-refractivity contribution < 1.29 is 9.84 Å². The highest BCUT2D eigenvalue weighted by Crippen LogP contribution is 2.21. The van der Waals surface area contributed by atoms with Gasteiger partial charge in [-0.25, -0.2) is 0 Å². The monoisotopic (exact) mass is 297 g/mol. The number of likely N-dealkylation sites (tertiary alicyclic amines) is 1. The Morgan fingerprint density at radius 1 is 1.25 bits per heavy atom. The first-order chi connectivity index (χ1) is 9.52. The van der Waals surface area contributed by atoms with Gasteiger partial charge < -0.3 is 14.7 Å². The van der Waals surface area contributed by atoms with Crippen molar-refractivity contribution in [3.63, 3.8) is 0 Å². The third-order valence-electron chi connectivity index (χ3n) is 3.67. The van der Waals surface area contributed by atoms with Crippen LogP contribution in [0.2, 0.25) is 5.02 Å². The predicted molar refractivity (Wildman–Crippen MR) is 82.3 cm³/mol. The lowest BCUT2D eigenvalue weighted by Crippen LogP contribution is -2.43. The molecule has 0 amide bonds. The van der Waals surface area contributed by atoms with Gasteiger partial charge in [0.05, 0.1) is 0 Å². The number of nitrogens with zero attached hydrogens (tertiary/aromatic N) is 1. The number of β-amino-alcohol motifs (C(OH)–C–C–N with tert-alkyl or cyclic N) is 1. The Morgan fingerprint density at radius 3 is 2.45 bits per heavy atom. The van der Waals surface area contributed by atoms with Crippen molar-refractivity contribution in [2.45, 2.75) is 26.4 Å². The van der Waals surface area contributed by atoms with Crippen LogP contribution in [0.3, 0.4) is 0 Å². The van der Waals surface area contributed by atoms with E-state index >= 15 is 0 Å². The van der Waals surface area contributed by atoms with Crippen molar-refractivity contribution >= 4 is 11.6 Å². The molecule has 20 heavy (non-hydrogen) atoms. The summed E-state index contributed by atoms with van der Waals surface area (Å²) in [5, 5.41) is 10.8. The van der Waals surface area contributed by atoms with E-state index in [9.17, 15) is 5.11 Å². The van der Waals surface area contributed by atoms with Gasteiger partial charge in [-0.3, -0.25) is 0 Å². The van der Waals surface area contributed by atoms with E-state index in [2.05, 4.69) is 18.7 Å². The molecular weight excluding hydrogens is 274 g/mol. The normalized spacial score (nSPS) is 25.4. The second-order valence-corrected chi connectivity index (χ2v) is 6.52. The summed E-state index contributed by atoms with van der Waals surface area (Å²) in [6.07, 6.45) is 0.830. The van der Waals surface area contributed by atoms with E-state index in [0.717, 1.165) is 18.8 Å². The van der Waals surface area contributed by atoms with Gasteiger partial charge in [0.25, 0.3) is 0 Å². The van der Waals surface area contributed by atoms with Crippen LogP contribution in [0.4, 0.5) is 0 Å². The molecule has 3 atom stereocenters. The Kier molecular flexibility index (Phi) is 5.70. The van der Waals surface area contributed by atoms with Crippen molar-refractivity contribution in [3.8, 4) is 5.75 Å². The molecule has 0 saturated carbocycles. The summed E-state index contributed by atoms with van der Waals surface area (Å²) in [7, 11) is 0. The minimum atomic E-state index is -0.455. The lowest BCUT2D eigenvalue weighted by Gasteiger charge is -2.35. The van der Waals surface area contributed by atoms with Crippen LogP contribution in [0.25, 0.3) is 0 Å². The second kappa shape index (κ2) is 7.30. The molecule has 1 aromatic carbocycles. The summed E-state index contributed by atoms with van der Waals surface area (Å²) in [5.41, 5.74) is 0. The molecule has 4 heteroatoms. The van der Waals surface area contributed by atoms with Crippen molar-refractivity contribution in [1.82, 2.24) is 4.90 Å². The lowest BCUT2D eigenvalue weighted by molar-refractivity contribution is 0.0429. The average molecular weight is 298 g/mol. The Bertz CT molecular complexity index is 399. The number of benzene rings is 1. The topological polar surface area (TPSA) is 32.7 Å². The SMILES string of the molecule is C[C@@H]1C[C@@H](C)CN(C[C@H](O)COc2ccc(Cl)cc2)C1. The molecule has 2 rings (SSSR count). The minimum Gasteiger partial charge on any atom is -0.491 e. The standard InChI is InChI=1S/C16H24ClNO2/c1-12-7-13(2)9-18(8-12)10-15(19)11-20-16-5-3-14(17)4-6-16/h3-6,12-13,15,19H,7-11H2,1-2H3/t12-,13-,15+/m1/s1. The number of aliphatic hydroxyl groups is 1. The molecular formula is C16H24ClNO2. The van der Waals surface area contributed by atoms with Crippen molar-refractivity contribution in [2.75, 3.05) is 26.2 Å². The van der Waals surface area contributed by atoms with Gasteiger partial charge in [0.15, 0.2) is 0 Å². The number of hydrogen-bond donors (Lipinski definition) is 1. The zero-order chi connectivity index (χ0) is 14.5. The van der Waals surface area contributed by atoms with Crippen LogP contribution in [-0.2, 0) is 0 Å². The highest BCUT2D eigenvalue weighted by atomic mass is 35.5. The van der Waals surface area contributed by atoms with E-state index in [1.165, 1.54) is 6.42 Å². The maximum atomic E-state index is 10.1. The zero-order valence-corrected chi connectivity index (χ0v) is 13.0. The highest BCUT2D eigenvalue weighted by Gasteiger charge is 2.23. The zero-order valence-electron chi connectivity index (χ0n) is 12.3. The molecule has 1 fully saturated rings. The van der Waals surface area contributed by atoms with Gasteiger partial charge >= 0.3 is 0 Å². The Hall–Kier alpha value is -0.770. The van der Waals surface area contributed by atoms with Gasteiger partial charge in [-0.05, 0) is 42.5 Å². The number of ether oxygens (including phenoxy) is 1. The molecule has 0 spiro atoms. The molecule has 1 heterocycles. The Morgan fingerprint density at radius 2 is 1.85 bits per heavy atom. The van der Waals surface area contributed by atoms with Gasteiger partial charge in [-0.1, -0.05) is 25.4 Å². The molecule has 0 aromatic heterocycles. The number of piperidine rings is 1. The van der Waals surface area contributed by atoms with Crippen molar-refractivity contribution in [2.24, 2.45) is 11.8 Å². The number of aliphatic hydroxyl groups excluding tert-OH is 1. The van der Waals surface area contributed by atoms with E-state index in [-0.39, 0.29) is 0 Å². The van der Waals surface area contributed by atoms with Crippen LogP contribution < -0.4 is 4.74 Å². The van der Waals surface area contributed by atoms with Crippen LogP contribution >= 0.6 is 11.6 Å². The van der Waals surface area contributed by atoms with Crippen LogP contribution in [0.5, 0.6) is 5.75 Å². The summed E-state index contributed by atoms with van der Waals surface area (Å²) in [6.45, 7) is 7.70. The van der Waals surface area contributed by atoms with E-state index in [4.69, 9.17) is 16.3 Å². The van der Waals surface area contributed by atoms with Crippen LogP contribution in [0.15, 0.2) is 24.3 Å². The fourth-order valence-corrected chi connectivity index (χ4v) is 3.14. The maximum Gasteiger partial charge on any atom is 0.119 e. The van der Waals surface area contributed by atoms with E-state index < -0.39 is 6.10 Å². The molecule has 1 N–H and O–H groups in total. The number of hydrogen-bond acceptors (Lipinski definition) is 3. The molecule has 0 radical (unpaired) electrons. The van der Waals surface area contributed by atoms with Gasteiger partial charge in [-0.2, -0.15) is 0 Å². The van der Waals surface area contributed by atoms with Crippen LogP contribution in [0.1, 0.15) is 20.3 Å². The quantitative estimate of drug-likeness (QED) is 0.907. The first-order valence-corrected chi connectivity index (χ1v) is 7.69. The molecule has 0 aliphatic carbocycles. The Balaban J connectivity index is 1.74. The average Bonchev–Trinajstić information content (AvgIpc) is 2.37. The third-order valence-corrected chi connectivity index (χ3v) is 3.92. The van der Waals surface area contributed by atoms with Gasteiger partial charge in [0.2, 0.25) is 0 Å². The van der Waals surface area contributed by atoms with Gasteiger partial charge in [0.1, 0.15) is 18.5 Å². The van der Waals surface area contributed by atoms with E-state index in [1.807, 2.05) is 12.1 Å². The highest BCUT2D eigenvalue weighted by molar-refractivity contribution is 6.30. The van der Waals surface area contributed by atoms with E-state index in [0.29, 0.717) is 30.0 Å². The smallest absolute Gasteiger partial charge is 0.119 e. The van der Waals surface area contributed by atoms with Crippen molar-refractivity contribution in [1.29, 1.82) is 0 Å². The van der Waals surface area contributed by atoms with Gasteiger partial charge in [0, 0.05) is 24.7 Å². The molecule has 0 bridgehead atoms. The number of rotatable bonds is 5. The molecule has 3 nitrogen and oxygen atoms in total. The summed E-state index contributed by atoms with van der Waals surface area (Å²) in [5.74, 6) is 2.17. The van der Waals surface area contributed by atoms with Crippen LogP contribution in [-0.4, -0.2) is 42.4 Å². The summed E-state index contributed by atoms with van der Waals surface area (Å²) < 4.78 is 5.58. The maximum absolute atomic E-state index is 10.1. The molecule has 1 aromatic rings. The lowest BCUT2D eigenvalue weighted by atomic mass is 9.92.